The Morgan fingerprint density at radius 3 is 2.72 bits per heavy atom. The van der Waals surface area contributed by atoms with Crippen LogP contribution < -0.4 is 5.32 Å². The maximum Gasteiger partial charge on any atom is 0.193 e. The Balaban J connectivity index is 1.41. The van der Waals surface area contributed by atoms with Crippen LogP contribution in [0.15, 0.2) is 35.3 Å². The summed E-state index contributed by atoms with van der Waals surface area (Å²) in [6.45, 7) is 11.8. The third kappa shape index (κ3) is 7.00. The first-order valence-corrected chi connectivity index (χ1v) is 11.5. The monoisotopic (exact) mass is 401 g/mol. The highest BCUT2D eigenvalue weighted by atomic mass is 16.5. The summed E-state index contributed by atoms with van der Waals surface area (Å²) in [5.74, 6) is 3.01. The molecule has 0 saturated carbocycles. The first-order chi connectivity index (χ1) is 14.3. The molecule has 5 heteroatoms. The van der Waals surface area contributed by atoms with Crippen LogP contribution in [0.3, 0.4) is 0 Å². The first-order valence-electron chi connectivity index (χ1n) is 11.5. The van der Waals surface area contributed by atoms with Gasteiger partial charge in [0.15, 0.2) is 5.96 Å². The molecule has 0 aliphatic carbocycles. The predicted molar refractivity (Wildman–Crippen MR) is 119 cm³/mol. The van der Waals surface area contributed by atoms with Gasteiger partial charge in [0.25, 0.3) is 0 Å². The van der Waals surface area contributed by atoms with Gasteiger partial charge in [0.2, 0.25) is 0 Å². The molecule has 2 unspecified atom stereocenters. The number of piperidine rings is 1. The van der Waals surface area contributed by atoms with Crippen molar-refractivity contribution in [2.24, 2.45) is 16.8 Å². The number of rotatable bonds is 8. The van der Waals surface area contributed by atoms with Crippen LogP contribution in [0, 0.1) is 11.8 Å². The minimum Gasteiger partial charge on any atom is -0.381 e. The average Bonchev–Trinajstić information content (AvgIpc) is 2.76. The standard InChI is InChI=1S/C24H39N3O2/c1-3-25-24(26-13-7-15-29-19-21-11-16-28-17-12-21)27-14-10-23(20(2)18-27)22-8-5-4-6-9-22/h4-6,8-9,20-21,23H,3,7,10-19H2,1-2H3,(H,25,26). The van der Waals surface area contributed by atoms with Crippen molar-refractivity contribution < 1.29 is 9.47 Å². The lowest BCUT2D eigenvalue weighted by atomic mass is 9.82. The molecule has 0 amide bonds. The van der Waals surface area contributed by atoms with Gasteiger partial charge >= 0.3 is 0 Å². The van der Waals surface area contributed by atoms with Crippen LogP contribution in [-0.2, 0) is 9.47 Å². The molecule has 1 aromatic carbocycles. The van der Waals surface area contributed by atoms with E-state index in [1.54, 1.807) is 0 Å². The molecule has 2 saturated heterocycles. The molecular formula is C24H39N3O2. The van der Waals surface area contributed by atoms with Crippen LogP contribution in [0.4, 0.5) is 0 Å². The third-order valence-electron chi connectivity index (χ3n) is 6.17. The van der Waals surface area contributed by atoms with E-state index in [2.05, 4.69) is 54.4 Å². The highest BCUT2D eigenvalue weighted by Gasteiger charge is 2.28. The lowest BCUT2D eigenvalue weighted by Crippen LogP contribution is -2.48. The molecular weight excluding hydrogens is 362 g/mol. The fraction of sp³-hybridized carbons (Fsp3) is 0.708. The van der Waals surface area contributed by atoms with Gasteiger partial charge in [-0.15, -0.1) is 0 Å². The van der Waals surface area contributed by atoms with E-state index < -0.39 is 0 Å². The van der Waals surface area contributed by atoms with E-state index in [-0.39, 0.29) is 0 Å². The van der Waals surface area contributed by atoms with Crippen molar-refractivity contribution in [1.82, 2.24) is 10.2 Å². The van der Waals surface area contributed by atoms with Crippen LogP contribution in [0.1, 0.15) is 51.0 Å². The quantitative estimate of drug-likeness (QED) is 0.408. The van der Waals surface area contributed by atoms with Crippen molar-refractivity contribution in [3.8, 4) is 0 Å². The molecule has 5 nitrogen and oxygen atoms in total. The van der Waals surface area contributed by atoms with Crippen molar-refractivity contribution in [1.29, 1.82) is 0 Å². The van der Waals surface area contributed by atoms with E-state index >= 15 is 0 Å². The van der Waals surface area contributed by atoms with Crippen LogP contribution in [-0.4, -0.2) is 63.5 Å². The maximum atomic E-state index is 5.88. The zero-order valence-electron chi connectivity index (χ0n) is 18.3. The Morgan fingerprint density at radius 1 is 1.21 bits per heavy atom. The van der Waals surface area contributed by atoms with Gasteiger partial charge in [-0.05, 0) is 55.9 Å². The zero-order chi connectivity index (χ0) is 20.3. The minimum atomic E-state index is 0.623. The summed E-state index contributed by atoms with van der Waals surface area (Å²) in [4.78, 5) is 7.33. The second kappa shape index (κ2) is 12.2. The van der Waals surface area contributed by atoms with Gasteiger partial charge in [-0.2, -0.15) is 0 Å². The van der Waals surface area contributed by atoms with Crippen molar-refractivity contribution in [2.75, 3.05) is 52.6 Å². The van der Waals surface area contributed by atoms with Gasteiger partial charge in [-0.3, -0.25) is 4.99 Å². The zero-order valence-corrected chi connectivity index (χ0v) is 18.3. The molecule has 0 radical (unpaired) electrons. The van der Waals surface area contributed by atoms with Gasteiger partial charge < -0.3 is 19.7 Å². The highest BCUT2D eigenvalue weighted by Crippen LogP contribution is 2.32. The van der Waals surface area contributed by atoms with Crippen molar-refractivity contribution in [3.63, 3.8) is 0 Å². The van der Waals surface area contributed by atoms with Crippen LogP contribution in [0.5, 0.6) is 0 Å². The Labute approximate surface area is 176 Å². The first kappa shape index (κ1) is 22.1. The maximum absolute atomic E-state index is 5.88. The normalized spacial score (nSPS) is 23.9. The Kier molecular flexibility index (Phi) is 9.29. The highest BCUT2D eigenvalue weighted by molar-refractivity contribution is 5.80. The van der Waals surface area contributed by atoms with Crippen molar-refractivity contribution >= 4 is 5.96 Å². The molecule has 3 rings (SSSR count). The Bertz CT molecular complexity index is 601. The molecule has 0 spiro atoms. The predicted octanol–water partition coefficient (Wildman–Crippen LogP) is 3.91. The number of guanidine groups is 1. The Hall–Kier alpha value is -1.59. The SMILES string of the molecule is CCNC(=NCCCOCC1CCOCC1)N1CCC(c2ccccc2)C(C)C1. The van der Waals surface area contributed by atoms with Gasteiger partial charge in [0.05, 0.1) is 0 Å². The second-order valence-electron chi connectivity index (χ2n) is 8.45. The molecule has 2 atom stereocenters. The summed E-state index contributed by atoms with van der Waals surface area (Å²) in [5, 5.41) is 3.49. The lowest BCUT2D eigenvalue weighted by Gasteiger charge is -2.39. The van der Waals surface area contributed by atoms with E-state index in [0.29, 0.717) is 17.8 Å². The summed E-state index contributed by atoms with van der Waals surface area (Å²) in [7, 11) is 0. The molecule has 2 fully saturated rings. The largest absolute Gasteiger partial charge is 0.381 e. The van der Waals surface area contributed by atoms with Gasteiger partial charge in [0.1, 0.15) is 0 Å². The molecule has 1 aromatic rings. The number of nitrogens with one attached hydrogen (secondary N) is 1. The second-order valence-corrected chi connectivity index (χ2v) is 8.45. The number of likely N-dealkylation sites (tertiary alicyclic amines) is 1. The fourth-order valence-electron chi connectivity index (χ4n) is 4.47. The number of nitrogens with zero attached hydrogens (tertiary/aromatic N) is 2. The number of ether oxygens (including phenoxy) is 2. The summed E-state index contributed by atoms with van der Waals surface area (Å²) in [5.41, 5.74) is 1.48. The summed E-state index contributed by atoms with van der Waals surface area (Å²) in [6.07, 6.45) is 4.44. The molecule has 162 valence electrons. The van der Waals surface area contributed by atoms with E-state index in [9.17, 15) is 0 Å². The molecule has 1 N–H and O–H groups in total. The van der Waals surface area contributed by atoms with Crippen molar-refractivity contribution in [2.45, 2.75) is 45.4 Å². The molecule has 0 bridgehead atoms. The average molecular weight is 402 g/mol. The molecule has 2 aliphatic heterocycles. The number of hydrogen-bond acceptors (Lipinski definition) is 3. The van der Waals surface area contributed by atoms with Gasteiger partial charge in [-0.25, -0.2) is 0 Å². The van der Waals surface area contributed by atoms with Crippen molar-refractivity contribution in [3.05, 3.63) is 35.9 Å². The molecule has 29 heavy (non-hydrogen) atoms. The fourth-order valence-corrected chi connectivity index (χ4v) is 4.47. The summed E-state index contributed by atoms with van der Waals surface area (Å²) < 4.78 is 11.3. The Morgan fingerprint density at radius 2 is 2.00 bits per heavy atom. The van der Waals surface area contributed by atoms with Crippen LogP contribution in [0.25, 0.3) is 0 Å². The van der Waals surface area contributed by atoms with Gasteiger partial charge in [0, 0.05) is 52.6 Å². The third-order valence-corrected chi connectivity index (χ3v) is 6.17. The van der Waals surface area contributed by atoms with Gasteiger partial charge in [-0.1, -0.05) is 37.3 Å². The summed E-state index contributed by atoms with van der Waals surface area (Å²) >= 11 is 0. The van der Waals surface area contributed by atoms with Crippen LogP contribution in [0.2, 0.25) is 0 Å². The smallest absolute Gasteiger partial charge is 0.193 e. The number of benzene rings is 1. The molecule has 2 heterocycles. The summed E-state index contributed by atoms with van der Waals surface area (Å²) in [6, 6.07) is 11.0. The number of hydrogen-bond donors (Lipinski definition) is 1. The topological polar surface area (TPSA) is 46.1 Å². The van der Waals surface area contributed by atoms with E-state index in [4.69, 9.17) is 14.5 Å². The van der Waals surface area contributed by atoms with E-state index in [1.807, 2.05) is 0 Å². The lowest BCUT2D eigenvalue weighted by molar-refractivity contribution is 0.0205. The minimum absolute atomic E-state index is 0.623. The van der Waals surface area contributed by atoms with E-state index in [0.717, 1.165) is 77.8 Å². The molecule has 2 aliphatic rings. The van der Waals surface area contributed by atoms with E-state index in [1.165, 1.54) is 12.0 Å². The number of aliphatic imine (C=N–C) groups is 1. The van der Waals surface area contributed by atoms with Crippen LogP contribution >= 0.6 is 0 Å². The molecule has 0 aromatic heterocycles.